The molecule has 4 heteroatoms. The van der Waals surface area contributed by atoms with Crippen molar-refractivity contribution in [2.45, 2.75) is 0 Å². The number of ether oxygens (including phenoxy) is 1. The standard InChI is InChI=1S/C12H11N3O/c13-15-14-7-8-16-12-6-5-10-3-1-2-4-11(10)9-12/h1-6,9H,7-8H2. The highest BCUT2D eigenvalue weighted by Gasteiger charge is 1.95. The molecule has 4 nitrogen and oxygen atoms in total. The molecule has 0 aliphatic rings. The van der Waals surface area contributed by atoms with E-state index in [4.69, 9.17) is 10.3 Å². The Hall–Kier alpha value is -2.19. The summed E-state index contributed by atoms with van der Waals surface area (Å²) in [5, 5.41) is 5.73. The molecule has 2 rings (SSSR count). The Morgan fingerprint density at radius 1 is 1.12 bits per heavy atom. The molecule has 0 bridgehead atoms. The lowest BCUT2D eigenvalue weighted by atomic mass is 10.1. The van der Waals surface area contributed by atoms with Gasteiger partial charge < -0.3 is 4.74 Å². The predicted molar refractivity (Wildman–Crippen MR) is 63.5 cm³/mol. The Labute approximate surface area is 93.1 Å². The summed E-state index contributed by atoms with van der Waals surface area (Å²) in [7, 11) is 0. The molecule has 80 valence electrons. The van der Waals surface area contributed by atoms with Gasteiger partial charge in [-0.2, -0.15) is 0 Å². The maximum atomic E-state index is 8.11. The Morgan fingerprint density at radius 2 is 1.94 bits per heavy atom. The van der Waals surface area contributed by atoms with E-state index < -0.39 is 0 Å². The van der Waals surface area contributed by atoms with Crippen LogP contribution in [0.2, 0.25) is 0 Å². The summed E-state index contributed by atoms with van der Waals surface area (Å²) in [6.07, 6.45) is 0. The van der Waals surface area contributed by atoms with Crippen molar-refractivity contribution in [1.82, 2.24) is 0 Å². The summed E-state index contributed by atoms with van der Waals surface area (Å²) in [5.41, 5.74) is 8.11. The van der Waals surface area contributed by atoms with Gasteiger partial charge in [-0.05, 0) is 28.4 Å². The van der Waals surface area contributed by atoms with E-state index in [1.807, 2.05) is 36.4 Å². The second kappa shape index (κ2) is 5.05. The fraction of sp³-hybridized carbons (Fsp3) is 0.167. The quantitative estimate of drug-likeness (QED) is 0.331. The highest BCUT2D eigenvalue weighted by atomic mass is 16.5. The van der Waals surface area contributed by atoms with Crippen molar-refractivity contribution in [3.63, 3.8) is 0 Å². The van der Waals surface area contributed by atoms with E-state index in [2.05, 4.69) is 16.1 Å². The number of hydrogen-bond acceptors (Lipinski definition) is 2. The zero-order valence-corrected chi connectivity index (χ0v) is 8.71. The molecule has 2 aromatic rings. The van der Waals surface area contributed by atoms with E-state index in [0.717, 1.165) is 11.1 Å². The second-order valence-electron chi connectivity index (χ2n) is 3.31. The molecular weight excluding hydrogens is 202 g/mol. The molecule has 0 unspecified atom stereocenters. The van der Waals surface area contributed by atoms with Crippen LogP contribution in [0, 0.1) is 0 Å². The van der Waals surface area contributed by atoms with Crippen LogP contribution in [0.4, 0.5) is 0 Å². The Morgan fingerprint density at radius 3 is 2.75 bits per heavy atom. The van der Waals surface area contributed by atoms with E-state index in [1.165, 1.54) is 5.39 Å². The summed E-state index contributed by atoms with van der Waals surface area (Å²) in [4.78, 5) is 2.66. The van der Waals surface area contributed by atoms with Crippen LogP contribution in [0.1, 0.15) is 0 Å². The summed E-state index contributed by atoms with van der Waals surface area (Å²) >= 11 is 0. The van der Waals surface area contributed by atoms with Gasteiger partial charge in [0.05, 0.1) is 13.2 Å². The Bertz CT molecular complexity index is 533. The number of nitrogens with zero attached hydrogens (tertiary/aromatic N) is 3. The highest BCUT2D eigenvalue weighted by Crippen LogP contribution is 2.20. The third-order valence-electron chi connectivity index (χ3n) is 2.24. The fourth-order valence-corrected chi connectivity index (χ4v) is 1.51. The Kier molecular flexibility index (Phi) is 3.26. The van der Waals surface area contributed by atoms with Crippen LogP contribution in [0.15, 0.2) is 47.6 Å². The van der Waals surface area contributed by atoms with Crippen molar-refractivity contribution in [3.05, 3.63) is 52.9 Å². The third kappa shape index (κ3) is 2.43. The smallest absolute Gasteiger partial charge is 0.119 e. The van der Waals surface area contributed by atoms with Crippen molar-refractivity contribution in [1.29, 1.82) is 0 Å². The lowest BCUT2D eigenvalue weighted by Gasteiger charge is -2.05. The van der Waals surface area contributed by atoms with Crippen LogP contribution in [-0.2, 0) is 0 Å². The minimum atomic E-state index is 0.351. The molecule has 0 saturated carbocycles. The van der Waals surface area contributed by atoms with Crippen molar-refractivity contribution < 1.29 is 4.74 Å². The van der Waals surface area contributed by atoms with E-state index in [9.17, 15) is 0 Å². The lowest BCUT2D eigenvalue weighted by molar-refractivity contribution is 0.328. The molecule has 0 atom stereocenters. The van der Waals surface area contributed by atoms with Crippen molar-refractivity contribution in [2.24, 2.45) is 5.11 Å². The SMILES string of the molecule is [N-]=[N+]=NCCOc1ccc2ccccc2c1. The number of fused-ring (bicyclic) bond motifs is 1. The zero-order chi connectivity index (χ0) is 11.2. The van der Waals surface area contributed by atoms with Gasteiger partial charge in [-0.1, -0.05) is 35.4 Å². The molecule has 0 amide bonds. The van der Waals surface area contributed by atoms with Gasteiger partial charge in [-0.15, -0.1) is 0 Å². The summed E-state index contributed by atoms with van der Waals surface area (Å²) in [5.74, 6) is 0.798. The van der Waals surface area contributed by atoms with Crippen LogP contribution in [0.3, 0.4) is 0 Å². The minimum absolute atomic E-state index is 0.351. The zero-order valence-electron chi connectivity index (χ0n) is 8.71. The first-order valence-corrected chi connectivity index (χ1v) is 5.02. The largest absolute Gasteiger partial charge is 0.493 e. The molecule has 0 saturated heterocycles. The monoisotopic (exact) mass is 213 g/mol. The van der Waals surface area contributed by atoms with Gasteiger partial charge in [0, 0.05) is 4.91 Å². The first kappa shape index (κ1) is 10.3. The number of azide groups is 1. The molecule has 0 spiro atoms. The van der Waals surface area contributed by atoms with Gasteiger partial charge in [-0.3, -0.25) is 0 Å². The number of benzene rings is 2. The third-order valence-corrected chi connectivity index (χ3v) is 2.24. The molecule has 0 radical (unpaired) electrons. The summed E-state index contributed by atoms with van der Waals surface area (Å²) < 4.78 is 5.45. The first-order chi connectivity index (χ1) is 7.90. The van der Waals surface area contributed by atoms with E-state index in [1.54, 1.807) is 0 Å². The van der Waals surface area contributed by atoms with Gasteiger partial charge in [0.1, 0.15) is 5.75 Å². The van der Waals surface area contributed by atoms with E-state index in [0.29, 0.717) is 13.2 Å². The van der Waals surface area contributed by atoms with Crippen LogP contribution >= 0.6 is 0 Å². The Balaban J connectivity index is 2.10. The van der Waals surface area contributed by atoms with Crippen molar-refractivity contribution in [3.8, 4) is 5.75 Å². The maximum absolute atomic E-state index is 8.11. The summed E-state index contributed by atoms with van der Waals surface area (Å²) in [6.45, 7) is 0.756. The van der Waals surface area contributed by atoms with E-state index >= 15 is 0 Å². The first-order valence-electron chi connectivity index (χ1n) is 5.02. The van der Waals surface area contributed by atoms with Gasteiger partial charge in [0.2, 0.25) is 0 Å². The van der Waals surface area contributed by atoms with Gasteiger partial charge in [0.15, 0.2) is 0 Å². The molecule has 0 aliphatic carbocycles. The average Bonchev–Trinajstić information content (AvgIpc) is 2.34. The van der Waals surface area contributed by atoms with Crippen LogP contribution < -0.4 is 4.74 Å². The fourth-order valence-electron chi connectivity index (χ4n) is 1.51. The molecule has 0 heterocycles. The molecule has 0 aliphatic heterocycles. The molecule has 16 heavy (non-hydrogen) atoms. The predicted octanol–water partition coefficient (Wildman–Crippen LogP) is 3.53. The molecular formula is C12H11N3O. The number of rotatable bonds is 4. The van der Waals surface area contributed by atoms with Crippen molar-refractivity contribution in [2.75, 3.05) is 13.2 Å². The molecule has 0 aromatic heterocycles. The van der Waals surface area contributed by atoms with Gasteiger partial charge in [0.25, 0.3) is 0 Å². The maximum Gasteiger partial charge on any atom is 0.119 e. The van der Waals surface area contributed by atoms with Crippen LogP contribution in [0.5, 0.6) is 5.75 Å². The van der Waals surface area contributed by atoms with Crippen LogP contribution in [0.25, 0.3) is 21.2 Å². The topological polar surface area (TPSA) is 58.0 Å². The number of hydrogen-bond donors (Lipinski definition) is 0. The van der Waals surface area contributed by atoms with Crippen molar-refractivity contribution >= 4 is 10.8 Å². The van der Waals surface area contributed by atoms with E-state index in [-0.39, 0.29) is 0 Å². The molecule has 0 N–H and O–H groups in total. The minimum Gasteiger partial charge on any atom is -0.493 e. The van der Waals surface area contributed by atoms with Crippen LogP contribution in [-0.4, -0.2) is 13.2 Å². The highest BCUT2D eigenvalue weighted by molar-refractivity contribution is 5.83. The molecule has 0 fully saturated rings. The second-order valence-corrected chi connectivity index (χ2v) is 3.31. The lowest BCUT2D eigenvalue weighted by Crippen LogP contribution is -1.99. The molecule has 2 aromatic carbocycles. The normalized spacial score (nSPS) is 9.75. The average molecular weight is 213 g/mol. The van der Waals surface area contributed by atoms with Gasteiger partial charge >= 0.3 is 0 Å². The van der Waals surface area contributed by atoms with Gasteiger partial charge in [-0.25, -0.2) is 0 Å². The summed E-state index contributed by atoms with van der Waals surface area (Å²) in [6, 6.07) is 14.0.